The summed E-state index contributed by atoms with van der Waals surface area (Å²) < 4.78 is 0. The summed E-state index contributed by atoms with van der Waals surface area (Å²) >= 11 is 1.81. The highest BCUT2D eigenvalue weighted by Crippen LogP contribution is 2.25. The van der Waals surface area contributed by atoms with Crippen molar-refractivity contribution in [2.24, 2.45) is 0 Å². The number of hydrogen-bond donors (Lipinski definition) is 0. The second-order valence-corrected chi connectivity index (χ2v) is 8.40. The number of aromatic nitrogens is 1. The van der Waals surface area contributed by atoms with Crippen molar-refractivity contribution in [1.29, 1.82) is 0 Å². The third-order valence-electron chi connectivity index (χ3n) is 5.26. The van der Waals surface area contributed by atoms with Gasteiger partial charge in [0.05, 0.1) is 16.7 Å². The summed E-state index contributed by atoms with van der Waals surface area (Å²) in [6.07, 6.45) is 0. The van der Waals surface area contributed by atoms with Gasteiger partial charge in [0, 0.05) is 49.8 Å². The van der Waals surface area contributed by atoms with Crippen LogP contribution in [0.15, 0.2) is 30.3 Å². The second kappa shape index (κ2) is 8.30. The molecule has 0 bridgehead atoms. The number of aryl methyl sites for hydroxylation is 2. The van der Waals surface area contributed by atoms with Crippen molar-refractivity contribution in [2.75, 3.05) is 51.2 Å². The molecule has 2 aromatic rings. The van der Waals surface area contributed by atoms with E-state index >= 15 is 0 Å². The molecule has 0 unspecified atom stereocenters. The van der Waals surface area contributed by atoms with Crippen molar-refractivity contribution in [3.05, 3.63) is 45.9 Å². The molecule has 1 aliphatic heterocycles. The molecule has 2 heterocycles. The SMILES string of the molecule is Cc1nc([C@@H](C)N(C)CCN2CCN(c3ccccc3)CC2)c(C)s1. The number of nitrogens with zero attached hydrogens (tertiary/aromatic N) is 4. The Morgan fingerprint density at radius 1 is 1.12 bits per heavy atom. The van der Waals surface area contributed by atoms with E-state index in [0.29, 0.717) is 6.04 Å². The van der Waals surface area contributed by atoms with Crippen LogP contribution in [-0.4, -0.2) is 61.1 Å². The van der Waals surface area contributed by atoms with E-state index in [4.69, 9.17) is 4.98 Å². The van der Waals surface area contributed by atoms with Gasteiger partial charge < -0.3 is 4.90 Å². The zero-order valence-corrected chi connectivity index (χ0v) is 16.7. The van der Waals surface area contributed by atoms with Crippen LogP contribution in [0, 0.1) is 13.8 Å². The molecule has 1 aromatic heterocycles. The molecule has 0 spiro atoms. The number of thiazole rings is 1. The Labute approximate surface area is 156 Å². The molecular formula is C20H30N4S. The fourth-order valence-corrected chi connectivity index (χ4v) is 4.41. The molecule has 1 saturated heterocycles. The van der Waals surface area contributed by atoms with Crippen LogP contribution in [0.2, 0.25) is 0 Å². The van der Waals surface area contributed by atoms with Crippen LogP contribution >= 0.6 is 11.3 Å². The Balaban J connectivity index is 1.46. The summed E-state index contributed by atoms with van der Waals surface area (Å²) in [5, 5.41) is 1.17. The Kier molecular flexibility index (Phi) is 6.10. The predicted octanol–water partition coefficient (Wildman–Crippen LogP) is 3.57. The third-order valence-corrected chi connectivity index (χ3v) is 6.16. The summed E-state index contributed by atoms with van der Waals surface area (Å²) in [7, 11) is 2.22. The van der Waals surface area contributed by atoms with Crippen LogP contribution in [0.5, 0.6) is 0 Å². The molecule has 136 valence electrons. The molecule has 0 radical (unpaired) electrons. The molecule has 4 nitrogen and oxygen atoms in total. The van der Waals surface area contributed by atoms with Gasteiger partial charge in [-0.05, 0) is 40.0 Å². The molecular weight excluding hydrogens is 328 g/mol. The Morgan fingerprint density at radius 2 is 1.80 bits per heavy atom. The lowest BCUT2D eigenvalue weighted by molar-refractivity contribution is 0.188. The molecule has 3 rings (SSSR count). The number of likely N-dealkylation sites (N-methyl/N-ethyl adjacent to an activating group) is 1. The lowest BCUT2D eigenvalue weighted by Crippen LogP contribution is -2.48. The van der Waals surface area contributed by atoms with Crippen LogP contribution < -0.4 is 4.90 Å². The van der Waals surface area contributed by atoms with E-state index in [2.05, 4.69) is 72.9 Å². The number of para-hydroxylation sites is 1. The van der Waals surface area contributed by atoms with Gasteiger partial charge in [0.25, 0.3) is 0 Å². The van der Waals surface area contributed by atoms with E-state index in [1.165, 1.54) is 21.3 Å². The van der Waals surface area contributed by atoms with E-state index in [1.54, 1.807) is 11.3 Å². The van der Waals surface area contributed by atoms with Crippen LogP contribution in [0.1, 0.15) is 28.5 Å². The Bertz CT molecular complexity index is 662. The first-order valence-electron chi connectivity index (χ1n) is 9.21. The summed E-state index contributed by atoms with van der Waals surface area (Å²) in [5.41, 5.74) is 2.60. The van der Waals surface area contributed by atoms with Crippen molar-refractivity contribution in [3.63, 3.8) is 0 Å². The van der Waals surface area contributed by atoms with Gasteiger partial charge in [-0.1, -0.05) is 18.2 Å². The molecule has 0 amide bonds. The molecule has 0 aliphatic carbocycles. The standard InChI is InChI=1S/C20H30N4S/c1-16(20-17(2)25-18(3)21-20)22(4)10-11-23-12-14-24(15-13-23)19-8-6-5-7-9-19/h5-9,16H,10-15H2,1-4H3/t16-/m1/s1. The van der Waals surface area contributed by atoms with Crippen LogP contribution in [-0.2, 0) is 0 Å². The van der Waals surface area contributed by atoms with Gasteiger partial charge in [-0.2, -0.15) is 0 Å². The lowest BCUT2D eigenvalue weighted by atomic mass is 10.2. The number of benzene rings is 1. The first-order chi connectivity index (χ1) is 12.0. The molecule has 25 heavy (non-hydrogen) atoms. The molecule has 0 saturated carbocycles. The maximum absolute atomic E-state index is 4.73. The highest BCUT2D eigenvalue weighted by atomic mass is 32.1. The van der Waals surface area contributed by atoms with Crippen molar-refractivity contribution >= 4 is 17.0 Å². The van der Waals surface area contributed by atoms with Gasteiger partial charge in [0.2, 0.25) is 0 Å². The van der Waals surface area contributed by atoms with Crippen LogP contribution in [0.4, 0.5) is 5.69 Å². The minimum Gasteiger partial charge on any atom is -0.369 e. The van der Waals surface area contributed by atoms with Gasteiger partial charge in [0.15, 0.2) is 0 Å². The van der Waals surface area contributed by atoms with Crippen LogP contribution in [0.25, 0.3) is 0 Å². The van der Waals surface area contributed by atoms with E-state index in [-0.39, 0.29) is 0 Å². The molecule has 1 aromatic carbocycles. The van der Waals surface area contributed by atoms with Crippen molar-refractivity contribution in [2.45, 2.75) is 26.8 Å². The molecule has 1 aliphatic rings. The van der Waals surface area contributed by atoms with Gasteiger partial charge in [0.1, 0.15) is 0 Å². The first kappa shape index (κ1) is 18.4. The van der Waals surface area contributed by atoms with Gasteiger partial charge >= 0.3 is 0 Å². The normalized spacial score (nSPS) is 17.2. The van der Waals surface area contributed by atoms with E-state index in [1.807, 2.05) is 0 Å². The number of hydrogen-bond acceptors (Lipinski definition) is 5. The summed E-state index contributed by atoms with van der Waals surface area (Å²) in [6, 6.07) is 11.1. The predicted molar refractivity (Wildman–Crippen MR) is 108 cm³/mol. The maximum atomic E-state index is 4.73. The quantitative estimate of drug-likeness (QED) is 0.787. The molecule has 5 heteroatoms. The van der Waals surface area contributed by atoms with Gasteiger partial charge in [-0.3, -0.25) is 9.80 Å². The maximum Gasteiger partial charge on any atom is 0.0900 e. The number of anilines is 1. The number of piperazine rings is 1. The molecule has 1 atom stereocenters. The second-order valence-electron chi connectivity index (χ2n) is 7.00. The summed E-state index contributed by atoms with van der Waals surface area (Å²) in [4.78, 5) is 13.6. The van der Waals surface area contributed by atoms with Gasteiger partial charge in [-0.15, -0.1) is 11.3 Å². The largest absolute Gasteiger partial charge is 0.369 e. The molecule has 0 N–H and O–H groups in total. The van der Waals surface area contributed by atoms with E-state index in [0.717, 1.165) is 39.3 Å². The van der Waals surface area contributed by atoms with Gasteiger partial charge in [-0.25, -0.2) is 4.98 Å². The van der Waals surface area contributed by atoms with Crippen molar-refractivity contribution in [3.8, 4) is 0 Å². The molecule has 1 fully saturated rings. The fraction of sp³-hybridized carbons (Fsp3) is 0.550. The minimum atomic E-state index is 0.385. The van der Waals surface area contributed by atoms with Crippen molar-refractivity contribution < 1.29 is 0 Å². The van der Waals surface area contributed by atoms with Crippen LogP contribution in [0.3, 0.4) is 0 Å². The topological polar surface area (TPSA) is 22.6 Å². The number of rotatable bonds is 6. The summed E-state index contributed by atoms with van der Waals surface area (Å²) in [6.45, 7) is 13.3. The first-order valence-corrected chi connectivity index (χ1v) is 10.0. The smallest absolute Gasteiger partial charge is 0.0900 e. The average Bonchev–Trinajstić information content (AvgIpc) is 2.98. The average molecular weight is 359 g/mol. The third kappa shape index (κ3) is 4.60. The summed E-state index contributed by atoms with van der Waals surface area (Å²) in [5.74, 6) is 0. The highest BCUT2D eigenvalue weighted by molar-refractivity contribution is 7.11. The Morgan fingerprint density at radius 3 is 2.40 bits per heavy atom. The van der Waals surface area contributed by atoms with Crippen molar-refractivity contribution in [1.82, 2.24) is 14.8 Å². The highest BCUT2D eigenvalue weighted by Gasteiger charge is 2.20. The zero-order valence-electron chi connectivity index (χ0n) is 15.9. The monoisotopic (exact) mass is 358 g/mol. The van der Waals surface area contributed by atoms with E-state index < -0.39 is 0 Å². The zero-order chi connectivity index (χ0) is 17.8. The minimum absolute atomic E-state index is 0.385. The van der Waals surface area contributed by atoms with E-state index in [9.17, 15) is 0 Å². The fourth-order valence-electron chi connectivity index (χ4n) is 3.50. The Hall–Kier alpha value is -1.43. The lowest BCUT2D eigenvalue weighted by Gasteiger charge is -2.37.